The maximum absolute atomic E-state index is 12.8. The van der Waals surface area contributed by atoms with E-state index in [0.29, 0.717) is 25.9 Å². The minimum atomic E-state index is -0.619. The zero-order valence-corrected chi connectivity index (χ0v) is 15.6. The molecule has 1 atom stereocenters. The minimum absolute atomic E-state index is 0.0663. The Bertz CT molecular complexity index is 648. The molecule has 0 aliphatic carbocycles. The normalized spacial score (nSPS) is 17.6. The number of rotatable bonds is 4. The summed E-state index contributed by atoms with van der Waals surface area (Å²) in [6.07, 6.45) is 0.904. The molecule has 0 spiro atoms. The fourth-order valence-electron chi connectivity index (χ4n) is 3.19. The first-order valence-electron chi connectivity index (χ1n) is 8.49. The number of hydrogen-bond donors (Lipinski definition) is 1. The van der Waals surface area contributed by atoms with Crippen LogP contribution in [0, 0.1) is 13.8 Å². The van der Waals surface area contributed by atoms with Crippen molar-refractivity contribution in [2.45, 2.75) is 39.7 Å². The second kappa shape index (κ2) is 7.67. The van der Waals surface area contributed by atoms with Gasteiger partial charge in [-0.05, 0) is 25.8 Å². The molecule has 8 nitrogen and oxygen atoms in total. The standard InChI is InChI=1S/C17H27N5O3/c1-11-14(12(2)19-18-11)6-7-16(24)22-9-8-21(13(3)23)10-15(22)17(25)20(4)5/h15H,6-10H2,1-5H3,(H,18,19). The predicted octanol–water partition coefficient (Wildman–Crippen LogP) is 0.107. The molecule has 1 aromatic rings. The van der Waals surface area contributed by atoms with Crippen molar-refractivity contribution < 1.29 is 14.4 Å². The van der Waals surface area contributed by atoms with Crippen LogP contribution >= 0.6 is 0 Å². The Morgan fingerprint density at radius 3 is 2.44 bits per heavy atom. The molecule has 1 saturated heterocycles. The summed E-state index contributed by atoms with van der Waals surface area (Å²) in [4.78, 5) is 41.6. The lowest BCUT2D eigenvalue weighted by Crippen LogP contribution is -2.61. The van der Waals surface area contributed by atoms with E-state index < -0.39 is 6.04 Å². The zero-order valence-electron chi connectivity index (χ0n) is 15.6. The zero-order chi connectivity index (χ0) is 18.7. The maximum atomic E-state index is 12.8. The van der Waals surface area contributed by atoms with Gasteiger partial charge in [-0.15, -0.1) is 0 Å². The highest BCUT2D eigenvalue weighted by Gasteiger charge is 2.36. The third-order valence-electron chi connectivity index (χ3n) is 4.74. The van der Waals surface area contributed by atoms with Gasteiger partial charge in [0.1, 0.15) is 6.04 Å². The summed E-state index contributed by atoms with van der Waals surface area (Å²) < 4.78 is 0. The van der Waals surface area contributed by atoms with Crippen LogP contribution in [0.15, 0.2) is 0 Å². The van der Waals surface area contributed by atoms with Gasteiger partial charge >= 0.3 is 0 Å². The highest BCUT2D eigenvalue weighted by Crippen LogP contribution is 2.17. The number of carbonyl (C=O) groups excluding carboxylic acids is 3. The van der Waals surface area contributed by atoms with Gasteiger partial charge in [-0.2, -0.15) is 5.10 Å². The van der Waals surface area contributed by atoms with Crippen molar-refractivity contribution in [2.75, 3.05) is 33.7 Å². The van der Waals surface area contributed by atoms with E-state index in [1.165, 1.54) is 11.8 Å². The first kappa shape index (κ1) is 19.0. The smallest absolute Gasteiger partial charge is 0.246 e. The van der Waals surface area contributed by atoms with Crippen LogP contribution in [-0.4, -0.2) is 82.4 Å². The van der Waals surface area contributed by atoms with Gasteiger partial charge in [0.2, 0.25) is 17.7 Å². The molecule has 1 fully saturated rings. The highest BCUT2D eigenvalue weighted by atomic mass is 16.2. The van der Waals surface area contributed by atoms with Gasteiger partial charge in [0.25, 0.3) is 0 Å². The van der Waals surface area contributed by atoms with E-state index in [9.17, 15) is 14.4 Å². The minimum Gasteiger partial charge on any atom is -0.347 e. The van der Waals surface area contributed by atoms with E-state index >= 15 is 0 Å². The number of aryl methyl sites for hydroxylation is 2. The van der Waals surface area contributed by atoms with Crippen LogP contribution in [0.25, 0.3) is 0 Å². The average Bonchev–Trinajstić information content (AvgIpc) is 2.89. The molecule has 138 valence electrons. The monoisotopic (exact) mass is 349 g/mol. The Morgan fingerprint density at radius 2 is 1.92 bits per heavy atom. The first-order chi connectivity index (χ1) is 11.7. The number of hydrogen-bond acceptors (Lipinski definition) is 4. The molecule has 1 aromatic heterocycles. The van der Waals surface area contributed by atoms with E-state index in [-0.39, 0.29) is 24.3 Å². The fraction of sp³-hybridized carbons (Fsp3) is 0.647. The van der Waals surface area contributed by atoms with Gasteiger partial charge in [0.05, 0.1) is 12.2 Å². The molecule has 25 heavy (non-hydrogen) atoms. The summed E-state index contributed by atoms with van der Waals surface area (Å²) in [6.45, 7) is 6.42. The van der Waals surface area contributed by atoms with Crippen molar-refractivity contribution in [1.29, 1.82) is 0 Å². The van der Waals surface area contributed by atoms with Gasteiger partial charge in [0.15, 0.2) is 0 Å². The predicted molar refractivity (Wildman–Crippen MR) is 92.8 cm³/mol. The summed E-state index contributed by atoms with van der Waals surface area (Å²) in [6, 6.07) is -0.619. The van der Waals surface area contributed by atoms with Crippen LogP contribution in [-0.2, 0) is 20.8 Å². The number of aromatic amines is 1. The van der Waals surface area contributed by atoms with Crippen molar-refractivity contribution in [1.82, 2.24) is 24.9 Å². The second-order valence-corrected chi connectivity index (χ2v) is 6.71. The number of nitrogens with one attached hydrogen (secondary N) is 1. The van der Waals surface area contributed by atoms with Crippen LogP contribution < -0.4 is 0 Å². The molecule has 1 unspecified atom stereocenters. The molecule has 0 aromatic carbocycles. The number of likely N-dealkylation sites (N-methyl/N-ethyl adjacent to an activating group) is 1. The quantitative estimate of drug-likeness (QED) is 0.835. The van der Waals surface area contributed by atoms with Crippen molar-refractivity contribution >= 4 is 17.7 Å². The van der Waals surface area contributed by atoms with E-state index in [2.05, 4.69) is 10.2 Å². The molecule has 0 saturated carbocycles. The number of H-pyrrole nitrogens is 1. The van der Waals surface area contributed by atoms with E-state index in [1.54, 1.807) is 23.9 Å². The van der Waals surface area contributed by atoms with Crippen molar-refractivity contribution in [3.05, 3.63) is 17.0 Å². The lowest BCUT2D eigenvalue weighted by atomic mass is 10.1. The number of aromatic nitrogens is 2. The maximum Gasteiger partial charge on any atom is 0.246 e. The van der Waals surface area contributed by atoms with Crippen LogP contribution in [0.3, 0.4) is 0 Å². The molecule has 1 aliphatic rings. The molecule has 1 N–H and O–H groups in total. The Balaban J connectivity index is 2.10. The van der Waals surface area contributed by atoms with Gasteiger partial charge < -0.3 is 14.7 Å². The number of carbonyl (C=O) groups is 3. The summed E-state index contributed by atoms with van der Waals surface area (Å²) in [5.74, 6) is -0.299. The SMILES string of the molecule is CC(=O)N1CCN(C(=O)CCc2c(C)n[nH]c2C)C(C(=O)N(C)C)C1. The molecular weight excluding hydrogens is 322 g/mol. The average molecular weight is 349 g/mol. The molecule has 2 heterocycles. The van der Waals surface area contributed by atoms with E-state index in [0.717, 1.165) is 17.0 Å². The summed E-state index contributed by atoms with van der Waals surface area (Å²) in [5.41, 5.74) is 2.91. The second-order valence-electron chi connectivity index (χ2n) is 6.71. The molecule has 3 amide bonds. The van der Waals surface area contributed by atoms with Crippen LogP contribution in [0.5, 0.6) is 0 Å². The largest absolute Gasteiger partial charge is 0.347 e. The molecule has 0 bridgehead atoms. The van der Waals surface area contributed by atoms with Crippen LogP contribution in [0.2, 0.25) is 0 Å². The summed E-state index contributed by atoms with van der Waals surface area (Å²) in [7, 11) is 3.33. The lowest BCUT2D eigenvalue weighted by Gasteiger charge is -2.41. The molecular formula is C17H27N5O3. The fourth-order valence-corrected chi connectivity index (χ4v) is 3.19. The van der Waals surface area contributed by atoms with Gasteiger partial charge in [0, 0.05) is 46.2 Å². The summed E-state index contributed by atoms with van der Waals surface area (Å²) >= 11 is 0. The van der Waals surface area contributed by atoms with Crippen molar-refractivity contribution in [2.24, 2.45) is 0 Å². The van der Waals surface area contributed by atoms with Gasteiger partial charge in [-0.3, -0.25) is 19.5 Å². The third kappa shape index (κ3) is 4.18. The molecule has 1 aliphatic heterocycles. The van der Waals surface area contributed by atoms with Crippen molar-refractivity contribution in [3.8, 4) is 0 Å². The third-order valence-corrected chi connectivity index (χ3v) is 4.74. The van der Waals surface area contributed by atoms with E-state index in [4.69, 9.17) is 0 Å². The van der Waals surface area contributed by atoms with E-state index in [1.807, 2.05) is 13.8 Å². The molecule has 8 heteroatoms. The first-order valence-corrected chi connectivity index (χ1v) is 8.49. The van der Waals surface area contributed by atoms with Gasteiger partial charge in [-0.25, -0.2) is 0 Å². The Kier molecular flexibility index (Phi) is 5.81. The van der Waals surface area contributed by atoms with Crippen LogP contribution in [0.1, 0.15) is 30.3 Å². The number of piperazine rings is 1. The van der Waals surface area contributed by atoms with Gasteiger partial charge in [-0.1, -0.05) is 0 Å². The summed E-state index contributed by atoms with van der Waals surface area (Å²) in [5, 5.41) is 7.07. The van der Waals surface area contributed by atoms with Crippen molar-refractivity contribution in [3.63, 3.8) is 0 Å². The Hall–Kier alpha value is -2.38. The van der Waals surface area contributed by atoms with Crippen LogP contribution in [0.4, 0.5) is 0 Å². The lowest BCUT2D eigenvalue weighted by molar-refractivity contribution is -0.151. The molecule has 0 radical (unpaired) electrons. The highest BCUT2D eigenvalue weighted by molar-refractivity contribution is 5.89. The number of amides is 3. The number of nitrogens with zero attached hydrogens (tertiary/aromatic N) is 4. The topological polar surface area (TPSA) is 89.6 Å². The Labute approximate surface area is 148 Å². The molecule has 2 rings (SSSR count). The Morgan fingerprint density at radius 1 is 1.24 bits per heavy atom.